The Labute approximate surface area is 160 Å². The first kappa shape index (κ1) is 18.5. The minimum absolute atomic E-state index is 0.365. The number of hydrogen-bond acceptors (Lipinski definition) is 6. The quantitative estimate of drug-likeness (QED) is 0.762. The molecule has 0 amide bonds. The third kappa shape index (κ3) is 3.37. The van der Waals surface area contributed by atoms with Crippen molar-refractivity contribution in [2.45, 2.75) is 58.5 Å². The van der Waals surface area contributed by atoms with Crippen LogP contribution in [-0.2, 0) is 28.9 Å². The summed E-state index contributed by atoms with van der Waals surface area (Å²) in [5, 5.41) is 8.23. The summed E-state index contributed by atoms with van der Waals surface area (Å²) in [5.74, 6) is 1.84. The number of hydrogen-bond donors (Lipinski definition) is 0. The molecule has 4 rings (SSSR count). The van der Waals surface area contributed by atoms with Gasteiger partial charge in [0.2, 0.25) is 0 Å². The van der Waals surface area contributed by atoms with Crippen LogP contribution in [0.2, 0.25) is 0 Å². The molecule has 27 heavy (non-hydrogen) atoms. The molecule has 2 aliphatic heterocycles. The molecule has 1 saturated heterocycles. The van der Waals surface area contributed by atoms with Crippen molar-refractivity contribution in [3.63, 3.8) is 0 Å². The highest BCUT2D eigenvalue weighted by atomic mass is 16.7. The summed E-state index contributed by atoms with van der Waals surface area (Å²) in [5.41, 5.74) is 1.48. The minimum Gasteiger partial charge on any atom is -0.497 e. The fraction of sp³-hybridized carbons (Fsp3) is 0.579. The first-order valence-electron chi connectivity index (χ1n) is 9.40. The smallest absolute Gasteiger partial charge is 0.495 e. The molecule has 7 nitrogen and oxygen atoms in total. The molecule has 0 spiro atoms. The van der Waals surface area contributed by atoms with Gasteiger partial charge in [0.1, 0.15) is 17.9 Å². The summed E-state index contributed by atoms with van der Waals surface area (Å²) in [6, 6.07) is 6.11. The SMILES string of the molecule is COc1ccc(B2OC(C)(C)C(C)(C)O2)c(CN2CCn3cnnc3C2)c1. The summed E-state index contributed by atoms with van der Waals surface area (Å²) in [7, 11) is 1.31. The minimum atomic E-state index is -0.385. The number of fused-ring (bicyclic) bond motifs is 1. The van der Waals surface area contributed by atoms with Gasteiger partial charge in [-0.3, -0.25) is 4.90 Å². The molecule has 2 aliphatic rings. The van der Waals surface area contributed by atoms with Crippen LogP contribution in [-0.4, -0.2) is 51.6 Å². The summed E-state index contributed by atoms with van der Waals surface area (Å²) < 4.78 is 20.1. The van der Waals surface area contributed by atoms with Gasteiger partial charge >= 0.3 is 7.12 Å². The molecule has 0 radical (unpaired) electrons. The largest absolute Gasteiger partial charge is 0.497 e. The van der Waals surface area contributed by atoms with Crippen LogP contribution in [0.4, 0.5) is 0 Å². The predicted molar refractivity (Wildman–Crippen MR) is 103 cm³/mol. The zero-order valence-corrected chi connectivity index (χ0v) is 16.7. The maximum absolute atomic E-state index is 6.29. The lowest BCUT2D eigenvalue weighted by molar-refractivity contribution is 0.00578. The highest BCUT2D eigenvalue weighted by molar-refractivity contribution is 6.62. The van der Waals surface area contributed by atoms with Crippen LogP contribution in [0.25, 0.3) is 0 Å². The third-order valence-electron chi connectivity index (χ3n) is 5.97. The highest BCUT2D eigenvalue weighted by Gasteiger charge is 2.52. The van der Waals surface area contributed by atoms with Crippen LogP contribution >= 0.6 is 0 Å². The van der Waals surface area contributed by atoms with E-state index in [-0.39, 0.29) is 18.3 Å². The van der Waals surface area contributed by atoms with E-state index >= 15 is 0 Å². The summed E-state index contributed by atoms with van der Waals surface area (Å²) in [6.07, 6.45) is 1.80. The van der Waals surface area contributed by atoms with Gasteiger partial charge in [0, 0.05) is 19.6 Å². The van der Waals surface area contributed by atoms with Gasteiger partial charge in [-0.1, -0.05) is 6.07 Å². The van der Waals surface area contributed by atoms with Gasteiger partial charge in [-0.15, -0.1) is 10.2 Å². The van der Waals surface area contributed by atoms with E-state index < -0.39 is 0 Å². The molecule has 0 unspecified atom stereocenters. The predicted octanol–water partition coefficient (Wildman–Crippen LogP) is 1.60. The Morgan fingerprint density at radius 3 is 2.59 bits per heavy atom. The lowest BCUT2D eigenvalue weighted by Gasteiger charge is -2.32. The second kappa shape index (κ2) is 6.62. The number of aromatic nitrogens is 3. The average molecular weight is 370 g/mol. The maximum atomic E-state index is 6.29. The van der Waals surface area contributed by atoms with Crippen molar-refractivity contribution >= 4 is 12.6 Å². The standard InChI is InChI=1S/C19H27BN4O3/c1-18(2)19(3,4)27-20(26-18)16-7-6-15(25-5)10-14(16)11-23-8-9-24-13-21-22-17(24)12-23/h6-7,10,13H,8-9,11-12H2,1-5H3. The van der Waals surface area contributed by atoms with Crippen molar-refractivity contribution in [2.75, 3.05) is 13.7 Å². The number of ether oxygens (including phenoxy) is 1. The van der Waals surface area contributed by atoms with E-state index in [4.69, 9.17) is 14.0 Å². The monoisotopic (exact) mass is 370 g/mol. The molecule has 2 aromatic rings. The Morgan fingerprint density at radius 2 is 1.89 bits per heavy atom. The highest BCUT2D eigenvalue weighted by Crippen LogP contribution is 2.37. The van der Waals surface area contributed by atoms with E-state index in [9.17, 15) is 0 Å². The van der Waals surface area contributed by atoms with Crippen LogP contribution < -0.4 is 10.2 Å². The third-order valence-corrected chi connectivity index (χ3v) is 5.97. The average Bonchev–Trinajstić information content (AvgIpc) is 3.16. The van der Waals surface area contributed by atoms with Gasteiger partial charge in [-0.2, -0.15) is 0 Å². The molecule has 8 heteroatoms. The van der Waals surface area contributed by atoms with Gasteiger partial charge < -0.3 is 18.6 Å². The number of nitrogens with zero attached hydrogens (tertiary/aromatic N) is 4. The molecule has 0 bridgehead atoms. The molecule has 0 aliphatic carbocycles. The molecule has 0 atom stereocenters. The summed E-state index contributed by atoms with van der Waals surface area (Å²) in [4.78, 5) is 2.37. The lowest BCUT2D eigenvalue weighted by Crippen LogP contribution is -2.41. The van der Waals surface area contributed by atoms with E-state index in [1.807, 2.05) is 6.07 Å². The Bertz CT molecular complexity index is 820. The molecule has 0 N–H and O–H groups in total. The van der Waals surface area contributed by atoms with E-state index in [0.29, 0.717) is 0 Å². The van der Waals surface area contributed by atoms with Crippen molar-refractivity contribution in [1.29, 1.82) is 0 Å². The normalized spacial score (nSPS) is 21.3. The maximum Gasteiger partial charge on any atom is 0.495 e. The van der Waals surface area contributed by atoms with E-state index in [0.717, 1.165) is 48.8 Å². The van der Waals surface area contributed by atoms with Gasteiger partial charge in [0.15, 0.2) is 0 Å². The molecule has 0 saturated carbocycles. The lowest BCUT2D eigenvalue weighted by atomic mass is 9.75. The fourth-order valence-electron chi connectivity index (χ4n) is 3.54. The van der Waals surface area contributed by atoms with Crippen LogP contribution in [0.3, 0.4) is 0 Å². The fourth-order valence-corrected chi connectivity index (χ4v) is 3.54. The zero-order valence-electron chi connectivity index (χ0n) is 16.7. The van der Waals surface area contributed by atoms with Crippen molar-refractivity contribution in [2.24, 2.45) is 0 Å². The zero-order chi connectivity index (χ0) is 19.2. The first-order chi connectivity index (χ1) is 12.8. The van der Waals surface area contributed by atoms with Crippen LogP contribution in [0.15, 0.2) is 24.5 Å². The second-order valence-electron chi connectivity index (χ2n) is 8.30. The van der Waals surface area contributed by atoms with Crippen LogP contribution in [0, 0.1) is 0 Å². The van der Waals surface area contributed by atoms with E-state index in [2.05, 4.69) is 59.5 Å². The topological polar surface area (TPSA) is 61.6 Å². The molecule has 144 valence electrons. The summed E-state index contributed by atoms with van der Waals surface area (Å²) >= 11 is 0. The van der Waals surface area contributed by atoms with Gasteiger partial charge in [-0.05, 0) is 50.9 Å². The molecule has 1 aromatic carbocycles. The van der Waals surface area contributed by atoms with Gasteiger partial charge in [-0.25, -0.2) is 0 Å². The van der Waals surface area contributed by atoms with E-state index in [1.165, 1.54) is 0 Å². The Kier molecular flexibility index (Phi) is 4.52. The second-order valence-corrected chi connectivity index (χ2v) is 8.30. The van der Waals surface area contributed by atoms with Crippen molar-refractivity contribution < 1.29 is 14.0 Å². The number of methoxy groups -OCH3 is 1. The first-order valence-corrected chi connectivity index (χ1v) is 9.40. The van der Waals surface area contributed by atoms with Gasteiger partial charge in [0.05, 0.1) is 24.9 Å². The van der Waals surface area contributed by atoms with Crippen molar-refractivity contribution in [1.82, 2.24) is 19.7 Å². The number of benzene rings is 1. The summed E-state index contributed by atoms with van der Waals surface area (Å²) in [6.45, 7) is 11.7. The Hall–Kier alpha value is -1.90. The molecule has 1 fully saturated rings. The molecule has 3 heterocycles. The molecule has 1 aromatic heterocycles. The van der Waals surface area contributed by atoms with Gasteiger partial charge in [0.25, 0.3) is 0 Å². The Morgan fingerprint density at radius 1 is 1.15 bits per heavy atom. The molecular formula is C19H27BN4O3. The van der Waals surface area contributed by atoms with E-state index in [1.54, 1.807) is 13.4 Å². The van der Waals surface area contributed by atoms with Crippen LogP contribution in [0.1, 0.15) is 39.1 Å². The van der Waals surface area contributed by atoms with Crippen molar-refractivity contribution in [3.05, 3.63) is 35.9 Å². The van der Waals surface area contributed by atoms with Crippen molar-refractivity contribution in [3.8, 4) is 5.75 Å². The number of rotatable bonds is 4. The Balaban J connectivity index is 1.60. The van der Waals surface area contributed by atoms with Crippen LogP contribution in [0.5, 0.6) is 5.75 Å². The molecular weight excluding hydrogens is 343 g/mol.